The zero-order chi connectivity index (χ0) is 10.5. The molecule has 2 rings (SSSR count). The standard InChI is InChI=1S/C14H13Cl.Na.H/c15-11-10-12-6-8-14(9-7-12)13-4-2-1-3-5-13;;/h1-9H,10-11H2;;/q;+1;-1. The van der Waals surface area contributed by atoms with Crippen LogP contribution in [0.25, 0.3) is 11.1 Å². The van der Waals surface area contributed by atoms with Gasteiger partial charge in [-0.15, -0.1) is 11.6 Å². The fraction of sp³-hybridized carbons (Fsp3) is 0.143. The van der Waals surface area contributed by atoms with E-state index in [1.807, 2.05) is 6.07 Å². The van der Waals surface area contributed by atoms with Crippen molar-refractivity contribution >= 4 is 11.6 Å². The van der Waals surface area contributed by atoms with Crippen LogP contribution >= 0.6 is 11.6 Å². The van der Waals surface area contributed by atoms with E-state index in [1.54, 1.807) is 0 Å². The summed E-state index contributed by atoms with van der Waals surface area (Å²) in [6.07, 6.45) is 0.941. The molecule has 0 spiro atoms. The molecule has 0 aliphatic carbocycles. The summed E-state index contributed by atoms with van der Waals surface area (Å²) in [6, 6.07) is 19.0. The van der Waals surface area contributed by atoms with Crippen LogP contribution in [0.4, 0.5) is 0 Å². The van der Waals surface area contributed by atoms with E-state index in [2.05, 4.69) is 48.5 Å². The molecule has 0 N–H and O–H groups in total. The molecule has 0 fully saturated rings. The van der Waals surface area contributed by atoms with Crippen LogP contribution in [0.5, 0.6) is 0 Å². The molecule has 0 saturated carbocycles. The van der Waals surface area contributed by atoms with Crippen LogP contribution < -0.4 is 29.6 Å². The number of benzene rings is 2. The van der Waals surface area contributed by atoms with Gasteiger partial charge in [-0.2, -0.15) is 0 Å². The van der Waals surface area contributed by atoms with E-state index in [0.29, 0.717) is 5.88 Å². The maximum absolute atomic E-state index is 5.69. The van der Waals surface area contributed by atoms with Gasteiger partial charge in [0.05, 0.1) is 0 Å². The summed E-state index contributed by atoms with van der Waals surface area (Å²) in [6.45, 7) is 0. The zero-order valence-electron chi connectivity index (χ0n) is 10.5. The van der Waals surface area contributed by atoms with Gasteiger partial charge in [-0.1, -0.05) is 54.6 Å². The van der Waals surface area contributed by atoms with Gasteiger partial charge < -0.3 is 1.43 Å². The minimum Gasteiger partial charge on any atom is -1.00 e. The van der Waals surface area contributed by atoms with Crippen LogP contribution in [0.3, 0.4) is 0 Å². The van der Waals surface area contributed by atoms with Crippen molar-refractivity contribution in [3.8, 4) is 11.1 Å². The van der Waals surface area contributed by atoms with Gasteiger partial charge in [0.15, 0.2) is 0 Å². The first-order valence-electron chi connectivity index (χ1n) is 5.10. The first kappa shape index (κ1) is 13.8. The molecule has 2 heteroatoms. The third kappa shape index (κ3) is 3.64. The predicted octanol–water partition coefficient (Wildman–Crippen LogP) is 1.25. The molecule has 0 atom stereocenters. The van der Waals surface area contributed by atoms with Crippen molar-refractivity contribution in [2.24, 2.45) is 0 Å². The Morgan fingerprint density at radius 2 is 1.38 bits per heavy atom. The largest absolute Gasteiger partial charge is 1.00 e. The maximum Gasteiger partial charge on any atom is 1.00 e. The number of halogens is 1. The molecule has 0 aliphatic rings. The Morgan fingerprint density at radius 3 is 1.94 bits per heavy atom. The van der Waals surface area contributed by atoms with Crippen LogP contribution in [-0.2, 0) is 6.42 Å². The third-order valence-corrected chi connectivity index (χ3v) is 2.63. The van der Waals surface area contributed by atoms with E-state index in [-0.39, 0.29) is 31.0 Å². The molecule has 78 valence electrons. The van der Waals surface area contributed by atoms with Crippen LogP contribution in [-0.4, -0.2) is 5.88 Å². The maximum atomic E-state index is 5.69. The molecule has 0 aromatic heterocycles. The van der Waals surface area contributed by atoms with Crippen molar-refractivity contribution in [1.29, 1.82) is 0 Å². The van der Waals surface area contributed by atoms with Crippen molar-refractivity contribution in [2.45, 2.75) is 6.42 Å². The van der Waals surface area contributed by atoms with Gasteiger partial charge in [0.25, 0.3) is 0 Å². The van der Waals surface area contributed by atoms with Gasteiger partial charge >= 0.3 is 29.6 Å². The molecule has 16 heavy (non-hydrogen) atoms. The van der Waals surface area contributed by atoms with E-state index < -0.39 is 0 Å². The van der Waals surface area contributed by atoms with Gasteiger partial charge in [-0.05, 0) is 23.1 Å². The van der Waals surface area contributed by atoms with Crippen molar-refractivity contribution < 1.29 is 31.0 Å². The normalized spacial score (nSPS) is 9.56. The second-order valence-corrected chi connectivity index (χ2v) is 3.88. The van der Waals surface area contributed by atoms with Crippen LogP contribution in [0, 0.1) is 0 Å². The molecule has 0 unspecified atom stereocenters. The summed E-state index contributed by atoms with van der Waals surface area (Å²) in [5.41, 5.74) is 3.81. The fourth-order valence-corrected chi connectivity index (χ4v) is 1.82. The minimum atomic E-state index is 0. The van der Waals surface area contributed by atoms with E-state index in [0.717, 1.165) is 6.42 Å². The van der Waals surface area contributed by atoms with E-state index in [9.17, 15) is 0 Å². The number of alkyl halides is 1. The average Bonchev–Trinajstić information content (AvgIpc) is 2.32. The Balaban J connectivity index is 0.00000128. The SMILES string of the molecule is ClCCc1ccc(-c2ccccc2)cc1.[H-].[Na+]. The van der Waals surface area contributed by atoms with Crippen molar-refractivity contribution in [2.75, 3.05) is 5.88 Å². The Bertz CT molecular complexity index is 414. The first-order valence-corrected chi connectivity index (χ1v) is 5.64. The average molecular weight is 241 g/mol. The number of hydrogen-bond acceptors (Lipinski definition) is 0. The number of hydrogen-bond donors (Lipinski definition) is 0. The van der Waals surface area contributed by atoms with Gasteiger partial charge in [-0.25, -0.2) is 0 Å². The molecular formula is C14H14ClNa. The van der Waals surface area contributed by atoms with Crippen LogP contribution in [0.15, 0.2) is 54.6 Å². The second-order valence-electron chi connectivity index (χ2n) is 3.50. The molecule has 2 aromatic carbocycles. The molecule has 0 bridgehead atoms. The molecule has 0 amide bonds. The third-order valence-electron chi connectivity index (χ3n) is 2.44. The van der Waals surface area contributed by atoms with Gasteiger partial charge in [-0.3, -0.25) is 0 Å². The minimum absolute atomic E-state index is 0. The Hall–Kier alpha value is -0.270. The van der Waals surface area contributed by atoms with E-state index >= 15 is 0 Å². The summed E-state index contributed by atoms with van der Waals surface area (Å²) in [5, 5.41) is 0. The Morgan fingerprint density at radius 1 is 0.812 bits per heavy atom. The van der Waals surface area contributed by atoms with Crippen molar-refractivity contribution in [3.63, 3.8) is 0 Å². The summed E-state index contributed by atoms with van der Waals surface area (Å²) in [4.78, 5) is 0. The molecule has 0 saturated heterocycles. The Labute approximate surface area is 125 Å². The fourth-order valence-electron chi connectivity index (χ4n) is 1.60. The van der Waals surface area contributed by atoms with E-state index in [1.165, 1.54) is 16.7 Å². The summed E-state index contributed by atoms with van der Waals surface area (Å²) in [7, 11) is 0. The number of aryl methyl sites for hydroxylation is 1. The summed E-state index contributed by atoms with van der Waals surface area (Å²) >= 11 is 5.69. The molecule has 2 aromatic rings. The topological polar surface area (TPSA) is 0 Å². The summed E-state index contributed by atoms with van der Waals surface area (Å²) < 4.78 is 0. The monoisotopic (exact) mass is 240 g/mol. The van der Waals surface area contributed by atoms with Gasteiger partial charge in [0.1, 0.15) is 0 Å². The van der Waals surface area contributed by atoms with E-state index in [4.69, 9.17) is 11.6 Å². The second kappa shape index (κ2) is 7.13. The van der Waals surface area contributed by atoms with Crippen molar-refractivity contribution in [3.05, 3.63) is 60.2 Å². The van der Waals surface area contributed by atoms with Crippen LogP contribution in [0.1, 0.15) is 6.99 Å². The zero-order valence-corrected chi connectivity index (χ0v) is 12.2. The van der Waals surface area contributed by atoms with Crippen LogP contribution in [0.2, 0.25) is 0 Å². The quantitative estimate of drug-likeness (QED) is 0.560. The molecule has 0 heterocycles. The Kier molecular flexibility index (Phi) is 6.15. The smallest absolute Gasteiger partial charge is 1.00 e. The molecule has 0 nitrogen and oxygen atoms in total. The summed E-state index contributed by atoms with van der Waals surface area (Å²) in [5.74, 6) is 0.685. The van der Waals surface area contributed by atoms with Gasteiger partial charge in [0.2, 0.25) is 0 Å². The predicted molar refractivity (Wildman–Crippen MR) is 67.4 cm³/mol. The number of rotatable bonds is 3. The van der Waals surface area contributed by atoms with Crippen molar-refractivity contribution in [1.82, 2.24) is 0 Å². The first-order chi connectivity index (χ1) is 7.40. The molecule has 0 radical (unpaired) electrons. The molecule has 0 aliphatic heterocycles. The molecular weight excluding hydrogens is 227 g/mol. The van der Waals surface area contributed by atoms with Gasteiger partial charge in [0, 0.05) is 5.88 Å².